The summed E-state index contributed by atoms with van der Waals surface area (Å²) in [5.41, 5.74) is 2.17. The molecule has 2 rings (SSSR count). The van der Waals surface area contributed by atoms with Crippen molar-refractivity contribution in [2.75, 3.05) is 13.1 Å². The summed E-state index contributed by atoms with van der Waals surface area (Å²) in [5, 5.41) is 2.67. The topological polar surface area (TPSA) is 33.5 Å². The largest absolute Gasteiger partial charge is 0.348 e. The minimum Gasteiger partial charge on any atom is -0.348 e. The summed E-state index contributed by atoms with van der Waals surface area (Å²) < 4.78 is 26.3. The molecular weight excluding hydrogens is 310 g/mol. The van der Waals surface area contributed by atoms with Gasteiger partial charge in [-0.25, -0.2) is 8.78 Å². The van der Waals surface area contributed by atoms with E-state index >= 15 is 0 Å². The van der Waals surface area contributed by atoms with Crippen LogP contribution in [-0.2, 0) is 13.1 Å². The molecule has 0 unspecified atom stereocenters. The zero-order valence-corrected chi connectivity index (χ0v) is 14.0. The molecule has 2 N–H and O–H groups in total. The molecule has 2 aromatic carbocycles. The number of carbonyl (C=O) groups excluding carboxylic acids is 1. The highest BCUT2D eigenvalue weighted by molar-refractivity contribution is 5.94. The molecule has 1 amide bonds. The summed E-state index contributed by atoms with van der Waals surface area (Å²) in [6.45, 7) is 7.78. The number of hydrogen-bond acceptors (Lipinski definition) is 1. The lowest BCUT2D eigenvalue weighted by atomic mass is 10.1. The summed E-state index contributed by atoms with van der Waals surface area (Å²) >= 11 is 0. The first-order chi connectivity index (χ1) is 11.5. The van der Waals surface area contributed by atoms with E-state index in [0.717, 1.165) is 43.4 Å². The Kier molecular flexibility index (Phi) is 6.44. The molecule has 0 radical (unpaired) electrons. The summed E-state index contributed by atoms with van der Waals surface area (Å²) in [4.78, 5) is 13.5. The van der Waals surface area contributed by atoms with Crippen LogP contribution < -0.4 is 10.2 Å². The minimum atomic E-state index is -0.761. The molecular formula is C19H23F2N2O+. The van der Waals surface area contributed by atoms with E-state index in [1.54, 1.807) is 0 Å². The number of quaternary nitrogens is 1. The lowest BCUT2D eigenvalue weighted by Gasteiger charge is -2.15. The van der Waals surface area contributed by atoms with E-state index in [1.165, 1.54) is 10.5 Å². The Morgan fingerprint density at radius 1 is 0.958 bits per heavy atom. The molecule has 5 heteroatoms. The maximum Gasteiger partial charge on any atom is 0.251 e. The molecule has 0 bridgehead atoms. The lowest BCUT2D eigenvalue weighted by Crippen LogP contribution is -3.10. The van der Waals surface area contributed by atoms with E-state index in [1.807, 2.05) is 12.1 Å². The molecule has 128 valence electrons. The van der Waals surface area contributed by atoms with Crippen molar-refractivity contribution in [2.45, 2.75) is 26.9 Å². The Balaban J connectivity index is 1.93. The van der Waals surface area contributed by atoms with Gasteiger partial charge in [-0.1, -0.05) is 24.3 Å². The maximum absolute atomic E-state index is 13.1. The van der Waals surface area contributed by atoms with Crippen LogP contribution in [0.2, 0.25) is 0 Å². The monoisotopic (exact) mass is 333 g/mol. The Morgan fingerprint density at radius 2 is 1.50 bits per heavy atom. The smallest absolute Gasteiger partial charge is 0.251 e. The van der Waals surface area contributed by atoms with Crippen LogP contribution in [0.1, 0.15) is 35.3 Å². The number of rotatable bonds is 7. The van der Waals surface area contributed by atoms with Crippen molar-refractivity contribution < 1.29 is 18.5 Å². The van der Waals surface area contributed by atoms with Gasteiger partial charge in [-0.3, -0.25) is 4.79 Å². The molecule has 24 heavy (non-hydrogen) atoms. The first-order valence-corrected chi connectivity index (χ1v) is 8.17. The lowest BCUT2D eigenvalue weighted by molar-refractivity contribution is -0.910. The molecule has 0 atom stereocenters. The number of hydrogen-bond donors (Lipinski definition) is 2. The molecule has 0 aliphatic carbocycles. The van der Waals surface area contributed by atoms with Gasteiger partial charge < -0.3 is 10.2 Å². The minimum absolute atomic E-state index is 0.0192. The Bertz CT molecular complexity index is 662. The van der Waals surface area contributed by atoms with Gasteiger partial charge in [0.15, 0.2) is 0 Å². The Morgan fingerprint density at radius 3 is 2.04 bits per heavy atom. The SMILES string of the molecule is CC[NH+](CC)Cc1ccc(CNC(=O)c2cc(F)cc(F)c2)cc1. The molecule has 0 saturated heterocycles. The van der Waals surface area contributed by atoms with Gasteiger partial charge in [-0.15, -0.1) is 0 Å². The van der Waals surface area contributed by atoms with Crippen LogP contribution in [0.25, 0.3) is 0 Å². The molecule has 0 aliphatic rings. The highest BCUT2D eigenvalue weighted by Crippen LogP contribution is 2.09. The highest BCUT2D eigenvalue weighted by atomic mass is 19.1. The fraction of sp³-hybridized carbons (Fsp3) is 0.316. The number of nitrogens with one attached hydrogen (secondary N) is 2. The summed E-state index contributed by atoms with van der Waals surface area (Å²) in [6.07, 6.45) is 0. The van der Waals surface area contributed by atoms with Crippen molar-refractivity contribution in [3.05, 3.63) is 70.8 Å². The van der Waals surface area contributed by atoms with Crippen molar-refractivity contribution in [1.29, 1.82) is 0 Å². The molecule has 3 nitrogen and oxygen atoms in total. The molecule has 0 fully saturated rings. The normalized spacial score (nSPS) is 10.9. The first kappa shape index (κ1) is 18.1. The second-order valence-electron chi connectivity index (χ2n) is 5.79. The summed E-state index contributed by atoms with van der Waals surface area (Å²) in [7, 11) is 0. The van der Waals surface area contributed by atoms with Crippen LogP contribution in [0.15, 0.2) is 42.5 Å². The van der Waals surface area contributed by atoms with Gasteiger partial charge in [0.25, 0.3) is 5.91 Å². The molecule has 0 spiro atoms. The third-order valence-electron chi connectivity index (χ3n) is 4.05. The van der Waals surface area contributed by atoms with Gasteiger partial charge in [0, 0.05) is 23.7 Å². The quantitative estimate of drug-likeness (QED) is 0.801. The van der Waals surface area contributed by atoms with Gasteiger partial charge >= 0.3 is 0 Å². The fourth-order valence-corrected chi connectivity index (χ4v) is 2.53. The molecule has 0 saturated carbocycles. The first-order valence-electron chi connectivity index (χ1n) is 8.17. The molecule has 2 aromatic rings. The molecule has 0 heterocycles. The number of benzene rings is 2. The molecule has 0 aromatic heterocycles. The predicted molar refractivity (Wildman–Crippen MR) is 89.7 cm³/mol. The number of carbonyl (C=O) groups is 1. The Hall–Kier alpha value is -2.27. The fourth-order valence-electron chi connectivity index (χ4n) is 2.53. The van der Waals surface area contributed by atoms with Crippen LogP contribution in [0.3, 0.4) is 0 Å². The zero-order valence-electron chi connectivity index (χ0n) is 14.0. The van der Waals surface area contributed by atoms with E-state index in [2.05, 4.69) is 31.3 Å². The third kappa shape index (κ3) is 5.13. The van der Waals surface area contributed by atoms with Crippen molar-refractivity contribution in [3.63, 3.8) is 0 Å². The second kappa shape index (κ2) is 8.55. The van der Waals surface area contributed by atoms with E-state index in [4.69, 9.17) is 0 Å². The maximum atomic E-state index is 13.1. The van der Waals surface area contributed by atoms with Crippen LogP contribution in [0, 0.1) is 11.6 Å². The van der Waals surface area contributed by atoms with Gasteiger partial charge in [-0.05, 0) is 31.5 Å². The highest BCUT2D eigenvalue weighted by Gasteiger charge is 2.09. The number of amides is 1. The summed E-state index contributed by atoms with van der Waals surface area (Å²) in [5.74, 6) is -2.02. The molecule has 0 aliphatic heterocycles. The van der Waals surface area contributed by atoms with Gasteiger partial charge in [0.05, 0.1) is 13.1 Å². The predicted octanol–water partition coefficient (Wildman–Crippen LogP) is 2.32. The average molecular weight is 333 g/mol. The van der Waals surface area contributed by atoms with Gasteiger partial charge in [-0.2, -0.15) is 0 Å². The van der Waals surface area contributed by atoms with Crippen LogP contribution in [0.5, 0.6) is 0 Å². The summed E-state index contributed by atoms with van der Waals surface area (Å²) in [6, 6.07) is 10.8. The van der Waals surface area contributed by atoms with Gasteiger partial charge in [0.1, 0.15) is 18.2 Å². The van der Waals surface area contributed by atoms with Crippen molar-refractivity contribution >= 4 is 5.91 Å². The second-order valence-corrected chi connectivity index (χ2v) is 5.79. The van der Waals surface area contributed by atoms with E-state index < -0.39 is 17.5 Å². The zero-order chi connectivity index (χ0) is 17.5. The Labute approximate surface area is 141 Å². The van der Waals surface area contributed by atoms with Gasteiger partial charge in [0.2, 0.25) is 0 Å². The van der Waals surface area contributed by atoms with E-state index in [9.17, 15) is 13.6 Å². The van der Waals surface area contributed by atoms with Crippen LogP contribution >= 0.6 is 0 Å². The van der Waals surface area contributed by atoms with E-state index in [0.29, 0.717) is 6.54 Å². The van der Waals surface area contributed by atoms with Crippen molar-refractivity contribution in [2.24, 2.45) is 0 Å². The van der Waals surface area contributed by atoms with Crippen molar-refractivity contribution in [3.8, 4) is 0 Å². The van der Waals surface area contributed by atoms with E-state index in [-0.39, 0.29) is 5.56 Å². The average Bonchev–Trinajstić information content (AvgIpc) is 2.57. The van der Waals surface area contributed by atoms with Crippen molar-refractivity contribution in [1.82, 2.24) is 5.32 Å². The standard InChI is InChI=1S/C19H22F2N2O/c1-3-23(4-2)13-15-7-5-14(6-8-15)12-22-19(24)16-9-17(20)11-18(21)10-16/h5-11H,3-4,12-13H2,1-2H3,(H,22,24)/p+1. The number of halogens is 2. The van der Waals surface area contributed by atoms with Crippen LogP contribution in [-0.4, -0.2) is 19.0 Å². The third-order valence-corrected chi connectivity index (χ3v) is 4.05. The van der Waals surface area contributed by atoms with Crippen LogP contribution in [0.4, 0.5) is 8.78 Å².